The summed E-state index contributed by atoms with van der Waals surface area (Å²) in [6.45, 7) is 3.53. The van der Waals surface area contributed by atoms with E-state index in [1.165, 1.54) is 32.3 Å². The lowest BCUT2D eigenvalue weighted by Crippen LogP contribution is -2.51. The number of carbonyl (C=O) groups is 2. The lowest BCUT2D eigenvalue weighted by Gasteiger charge is -2.32. The van der Waals surface area contributed by atoms with E-state index in [1.54, 1.807) is 43.3 Å². The number of benzene rings is 2. The normalized spacial score (nSPS) is 11.8. The van der Waals surface area contributed by atoms with Gasteiger partial charge in [0.05, 0.1) is 33.3 Å². The number of anilines is 1. The van der Waals surface area contributed by atoms with Crippen molar-refractivity contribution >= 4 is 27.5 Å². The fraction of sp³-hybridized carbons (Fsp3) is 0.440. The molecule has 0 radical (unpaired) electrons. The first-order valence-electron chi connectivity index (χ1n) is 11.5. The summed E-state index contributed by atoms with van der Waals surface area (Å²) >= 11 is 0. The van der Waals surface area contributed by atoms with E-state index in [-0.39, 0.29) is 23.9 Å². The minimum atomic E-state index is -3.92. The Balaban J connectivity index is 2.48. The van der Waals surface area contributed by atoms with Gasteiger partial charge >= 0.3 is 0 Å². The van der Waals surface area contributed by atoms with Gasteiger partial charge in [-0.15, -0.1) is 0 Å². The van der Waals surface area contributed by atoms with Gasteiger partial charge < -0.3 is 24.4 Å². The van der Waals surface area contributed by atoms with Crippen molar-refractivity contribution in [2.75, 3.05) is 45.0 Å². The van der Waals surface area contributed by atoms with E-state index in [1.807, 2.05) is 6.92 Å². The van der Waals surface area contributed by atoms with Crippen LogP contribution in [0.15, 0.2) is 42.5 Å². The minimum absolute atomic E-state index is 0.0730. The first kappa shape index (κ1) is 28.8. The summed E-state index contributed by atoms with van der Waals surface area (Å²) in [6, 6.07) is 10.9. The maximum atomic E-state index is 13.6. The van der Waals surface area contributed by atoms with Gasteiger partial charge in [-0.05, 0) is 43.2 Å². The summed E-state index contributed by atoms with van der Waals surface area (Å²) < 4.78 is 42.4. The number of hydrogen-bond donors (Lipinski definition) is 1. The van der Waals surface area contributed by atoms with Gasteiger partial charge in [-0.1, -0.05) is 19.1 Å². The molecule has 0 aliphatic rings. The van der Waals surface area contributed by atoms with Crippen LogP contribution >= 0.6 is 0 Å². The molecule has 1 N–H and O–H groups in total. The van der Waals surface area contributed by atoms with E-state index in [0.717, 1.165) is 22.5 Å². The second kappa shape index (κ2) is 13.0. The zero-order valence-corrected chi connectivity index (χ0v) is 22.4. The Morgan fingerprint density at radius 3 is 2.25 bits per heavy atom. The van der Waals surface area contributed by atoms with Gasteiger partial charge in [0.1, 0.15) is 29.8 Å². The molecule has 1 atom stereocenters. The lowest BCUT2D eigenvalue weighted by atomic mass is 10.1. The van der Waals surface area contributed by atoms with Crippen molar-refractivity contribution in [1.82, 2.24) is 10.2 Å². The minimum Gasteiger partial charge on any atom is -0.497 e. The van der Waals surface area contributed by atoms with Crippen LogP contribution in [0.5, 0.6) is 17.2 Å². The average Bonchev–Trinajstić information content (AvgIpc) is 2.87. The average molecular weight is 522 g/mol. The maximum Gasteiger partial charge on any atom is 0.244 e. The number of carbonyl (C=O) groups excluding carboxylic acids is 2. The Hall–Kier alpha value is -3.47. The maximum absolute atomic E-state index is 13.6. The zero-order chi connectivity index (χ0) is 26.9. The molecule has 11 heteroatoms. The predicted octanol–water partition coefficient (Wildman–Crippen LogP) is 2.42. The van der Waals surface area contributed by atoms with Crippen molar-refractivity contribution in [2.24, 2.45) is 0 Å². The van der Waals surface area contributed by atoms with Crippen LogP contribution < -0.4 is 23.8 Å². The van der Waals surface area contributed by atoms with Crippen LogP contribution in [-0.4, -0.2) is 71.8 Å². The van der Waals surface area contributed by atoms with E-state index in [2.05, 4.69) is 5.32 Å². The molecule has 0 bridgehead atoms. The van der Waals surface area contributed by atoms with Crippen molar-refractivity contribution in [3.05, 3.63) is 48.0 Å². The van der Waals surface area contributed by atoms with Gasteiger partial charge in [-0.25, -0.2) is 8.42 Å². The number of amides is 2. The Morgan fingerprint density at radius 1 is 1.00 bits per heavy atom. The van der Waals surface area contributed by atoms with Crippen molar-refractivity contribution in [2.45, 2.75) is 32.9 Å². The quantitative estimate of drug-likeness (QED) is 0.431. The highest BCUT2D eigenvalue weighted by Gasteiger charge is 2.31. The van der Waals surface area contributed by atoms with Crippen molar-refractivity contribution < 1.29 is 32.2 Å². The highest BCUT2D eigenvalue weighted by molar-refractivity contribution is 7.92. The standard InChI is InChI=1S/C25H35N3O7S/c1-7-13-26-25(30)18(2)27(16-19-9-8-10-20(14-19)33-3)24(29)17-28(36(6,31)32)22-15-21(34-4)11-12-23(22)35-5/h8-12,14-15,18H,7,13,16-17H2,1-6H3,(H,26,30)/t18-/m1/s1. The summed E-state index contributed by atoms with van der Waals surface area (Å²) in [5.41, 5.74) is 0.875. The molecule has 0 heterocycles. The summed E-state index contributed by atoms with van der Waals surface area (Å²) in [4.78, 5) is 27.8. The van der Waals surface area contributed by atoms with Gasteiger partial charge in [0.25, 0.3) is 0 Å². The van der Waals surface area contributed by atoms with Crippen molar-refractivity contribution in [3.63, 3.8) is 0 Å². The smallest absolute Gasteiger partial charge is 0.244 e. The molecule has 0 spiro atoms. The third-order valence-electron chi connectivity index (χ3n) is 5.54. The third-order valence-corrected chi connectivity index (χ3v) is 6.66. The van der Waals surface area contributed by atoms with Crippen LogP contribution in [-0.2, 0) is 26.2 Å². The number of sulfonamides is 1. The van der Waals surface area contributed by atoms with E-state index in [9.17, 15) is 18.0 Å². The number of nitrogens with zero attached hydrogens (tertiary/aromatic N) is 2. The second-order valence-electron chi connectivity index (χ2n) is 8.15. The first-order chi connectivity index (χ1) is 17.0. The Bertz CT molecular complexity index is 1150. The van der Waals surface area contributed by atoms with Crippen LogP contribution in [0.25, 0.3) is 0 Å². The highest BCUT2D eigenvalue weighted by Crippen LogP contribution is 2.34. The van der Waals surface area contributed by atoms with E-state index >= 15 is 0 Å². The molecule has 36 heavy (non-hydrogen) atoms. The molecular formula is C25H35N3O7S. The molecule has 0 aliphatic heterocycles. The van der Waals surface area contributed by atoms with Crippen LogP contribution in [0.2, 0.25) is 0 Å². The Morgan fingerprint density at radius 2 is 1.67 bits per heavy atom. The third kappa shape index (κ3) is 7.51. The van der Waals surface area contributed by atoms with Crippen LogP contribution in [0.4, 0.5) is 5.69 Å². The van der Waals surface area contributed by atoms with Gasteiger partial charge in [0.2, 0.25) is 21.8 Å². The fourth-order valence-corrected chi connectivity index (χ4v) is 4.38. The molecule has 0 fully saturated rings. The van der Waals surface area contributed by atoms with Gasteiger partial charge in [0, 0.05) is 19.2 Å². The molecule has 0 aliphatic carbocycles. The first-order valence-corrected chi connectivity index (χ1v) is 13.3. The summed E-state index contributed by atoms with van der Waals surface area (Å²) in [7, 11) is 0.476. The number of methoxy groups -OCH3 is 3. The summed E-state index contributed by atoms with van der Waals surface area (Å²) in [5, 5.41) is 2.80. The van der Waals surface area contributed by atoms with E-state index < -0.39 is 28.5 Å². The number of rotatable bonds is 13. The molecule has 2 aromatic carbocycles. The van der Waals surface area contributed by atoms with Crippen LogP contribution in [0, 0.1) is 0 Å². The van der Waals surface area contributed by atoms with E-state index in [4.69, 9.17) is 14.2 Å². The predicted molar refractivity (Wildman–Crippen MR) is 138 cm³/mol. The molecule has 2 aromatic rings. The molecule has 0 saturated heterocycles. The van der Waals surface area contributed by atoms with Gasteiger partial charge in [-0.2, -0.15) is 0 Å². The zero-order valence-electron chi connectivity index (χ0n) is 21.6. The molecule has 198 valence electrons. The molecule has 2 amide bonds. The van der Waals surface area contributed by atoms with Crippen molar-refractivity contribution in [3.8, 4) is 17.2 Å². The van der Waals surface area contributed by atoms with Gasteiger partial charge in [0.15, 0.2) is 0 Å². The number of ether oxygens (including phenoxy) is 3. The Labute approximate surface area is 213 Å². The molecule has 0 unspecified atom stereocenters. The summed E-state index contributed by atoms with van der Waals surface area (Å²) in [5.74, 6) is 0.349. The molecular weight excluding hydrogens is 486 g/mol. The Kier molecular flexibility index (Phi) is 10.4. The van der Waals surface area contributed by atoms with Gasteiger partial charge in [-0.3, -0.25) is 13.9 Å². The highest BCUT2D eigenvalue weighted by atomic mass is 32.2. The largest absolute Gasteiger partial charge is 0.497 e. The van der Waals surface area contributed by atoms with Crippen LogP contribution in [0.3, 0.4) is 0 Å². The van der Waals surface area contributed by atoms with Crippen LogP contribution in [0.1, 0.15) is 25.8 Å². The fourth-order valence-electron chi connectivity index (χ4n) is 3.53. The number of hydrogen-bond acceptors (Lipinski definition) is 7. The number of nitrogens with one attached hydrogen (secondary N) is 1. The second-order valence-corrected chi connectivity index (χ2v) is 10.1. The monoisotopic (exact) mass is 521 g/mol. The van der Waals surface area contributed by atoms with Crippen molar-refractivity contribution in [1.29, 1.82) is 0 Å². The molecule has 0 saturated carbocycles. The molecule has 10 nitrogen and oxygen atoms in total. The SMILES string of the molecule is CCCNC(=O)[C@@H](C)N(Cc1cccc(OC)c1)C(=O)CN(c1cc(OC)ccc1OC)S(C)(=O)=O. The summed E-state index contributed by atoms with van der Waals surface area (Å²) in [6.07, 6.45) is 1.74. The molecule has 0 aromatic heterocycles. The topological polar surface area (TPSA) is 114 Å². The molecule has 2 rings (SSSR count). The lowest BCUT2D eigenvalue weighted by molar-refractivity contribution is -0.139. The van der Waals surface area contributed by atoms with E-state index in [0.29, 0.717) is 18.0 Å².